The summed E-state index contributed by atoms with van der Waals surface area (Å²) in [7, 11) is 0. The Kier molecular flexibility index (Phi) is 4.54. The molecule has 0 atom stereocenters. The van der Waals surface area contributed by atoms with E-state index < -0.39 is 0 Å². The van der Waals surface area contributed by atoms with Crippen molar-refractivity contribution in [1.82, 2.24) is 0 Å². The zero-order chi connectivity index (χ0) is 12.2. The average Bonchev–Trinajstić information content (AvgIpc) is 2.14. The lowest BCUT2D eigenvalue weighted by Crippen LogP contribution is -2.14. The van der Waals surface area contributed by atoms with Crippen molar-refractivity contribution in [2.45, 2.75) is 31.9 Å². The van der Waals surface area contributed by atoms with E-state index in [0.29, 0.717) is 12.2 Å². The molecule has 0 radical (unpaired) electrons. The van der Waals surface area contributed by atoms with E-state index in [1.165, 1.54) is 12.1 Å². The Hall–Kier alpha value is -0.830. The quantitative estimate of drug-likeness (QED) is 0.801. The Morgan fingerprint density at radius 3 is 2.62 bits per heavy atom. The highest BCUT2D eigenvalue weighted by Crippen LogP contribution is 2.23. The lowest BCUT2D eigenvalue weighted by atomic mass is 10.1. The van der Waals surface area contributed by atoms with Crippen molar-refractivity contribution in [1.29, 1.82) is 0 Å². The van der Waals surface area contributed by atoms with E-state index in [1.54, 1.807) is 23.9 Å². The van der Waals surface area contributed by atoms with Gasteiger partial charge in [0.2, 0.25) is 0 Å². The van der Waals surface area contributed by atoms with Gasteiger partial charge < -0.3 is 0 Å². The van der Waals surface area contributed by atoms with Crippen LogP contribution < -0.4 is 0 Å². The summed E-state index contributed by atoms with van der Waals surface area (Å²) in [5.74, 6) is 0.347. The van der Waals surface area contributed by atoms with Crippen molar-refractivity contribution in [3.8, 4) is 0 Å². The van der Waals surface area contributed by atoms with Crippen LogP contribution in [0.3, 0.4) is 0 Å². The SMILES string of the molecule is CC(C)(C)SCC(=O)Cc1cccc(F)c1. The molecule has 0 saturated heterocycles. The molecule has 0 saturated carbocycles. The third kappa shape index (κ3) is 5.31. The molecule has 0 aromatic heterocycles. The van der Waals surface area contributed by atoms with E-state index in [4.69, 9.17) is 0 Å². The Bertz CT molecular complexity index is 368. The first-order chi connectivity index (χ1) is 7.37. The molecule has 16 heavy (non-hydrogen) atoms. The summed E-state index contributed by atoms with van der Waals surface area (Å²) in [6.45, 7) is 6.23. The van der Waals surface area contributed by atoms with Crippen molar-refractivity contribution in [2.24, 2.45) is 0 Å². The van der Waals surface area contributed by atoms with Gasteiger partial charge in [-0.3, -0.25) is 4.79 Å². The molecular weight excluding hydrogens is 223 g/mol. The van der Waals surface area contributed by atoms with Gasteiger partial charge in [0.05, 0.1) is 5.75 Å². The molecule has 0 unspecified atom stereocenters. The van der Waals surface area contributed by atoms with Crippen LogP contribution in [0.5, 0.6) is 0 Å². The minimum Gasteiger partial charge on any atom is -0.298 e. The fourth-order valence-electron chi connectivity index (χ4n) is 1.22. The van der Waals surface area contributed by atoms with Crippen LogP contribution in [0.25, 0.3) is 0 Å². The number of thioether (sulfide) groups is 1. The van der Waals surface area contributed by atoms with E-state index in [0.717, 1.165) is 5.56 Å². The van der Waals surface area contributed by atoms with Crippen molar-refractivity contribution in [3.05, 3.63) is 35.6 Å². The predicted molar refractivity (Wildman–Crippen MR) is 67.3 cm³/mol. The summed E-state index contributed by atoms with van der Waals surface area (Å²) in [6, 6.07) is 6.22. The molecule has 3 heteroatoms. The number of carbonyl (C=O) groups is 1. The number of benzene rings is 1. The molecule has 1 rings (SSSR count). The average molecular weight is 240 g/mol. The lowest BCUT2D eigenvalue weighted by molar-refractivity contribution is -0.116. The van der Waals surface area contributed by atoms with E-state index >= 15 is 0 Å². The second-order valence-electron chi connectivity index (χ2n) is 4.75. The minimum absolute atomic E-state index is 0.0948. The van der Waals surface area contributed by atoms with Gasteiger partial charge in [-0.25, -0.2) is 4.39 Å². The number of carbonyl (C=O) groups excluding carboxylic acids is 1. The minimum atomic E-state index is -0.284. The predicted octanol–water partition coefficient (Wildman–Crippen LogP) is 3.47. The highest BCUT2D eigenvalue weighted by molar-refractivity contribution is 8.01. The van der Waals surface area contributed by atoms with Gasteiger partial charge in [-0.2, -0.15) is 0 Å². The highest BCUT2D eigenvalue weighted by Gasteiger charge is 2.13. The smallest absolute Gasteiger partial charge is 0.147 e. The zero-order valence-corrected chi connectivity index (χ0v) is 10.7. The maximum Gasteiger partial charge on any atom is 0.147 e. The zero-order valence-electron chi connectivity index (χ0n) is 9.92. The molecule has 1 aromatic carbocycles. The summed E-state index contributed by atoms with van der Waals surface area (Å²) >= 11 is 1.62. The number of hydrogen-bond acceptors (Lipinski definition) is 2. The van der Waals surface area contributed by atoms with Crippen molar-refractivity contribution >= 4 is 17.5 Å². The fourth-order valence-corrected chi connectivity index (χ4v) is 1.92. The van der Waals surface area contributed by atoms with Gasteiger partial charge >= 0.3 is 0 Å². The molecule has 0 N–H and O–H groups in total. The van der Waals surface area contributed by atoms with Gasteiger partial charge in [0.1, 0.15) is 11.6 Å². The molecule has 0 spiro atoms. The van der Waals surface area contributed by atoms with E-state index in [1.807, 2.05) is 0 Å². The third-order valence-electron chi connectivity index (χ3n) is 1.96. The summed E-state index contributed by atoms with van der Waals surface area (Å²) in [5, 5.41) is 0. The van der Waals surface area contributed by atoms with Crippen LogP contribution in [0.2, 0.25) is 0 Å². The summed E-state index contributed by atoms with van der Waals surface area (Å²) in [5.41, 5.74) is 0.750. The van der Waals surface area contributed by atoms with Crippen LogP contribution in [0.15, 0.2) is 24.3 Å². The van der Waals surface area contributed by atoms with Gasteiger partial charge in [-0.1, -0.05) is 32.9 Å². The van der Waals surface area contributed by atoms with Gasteiger partial charge in [0.25, 0.3) is 0 Å². The lowest BCUT2D eigenvalue weighted by Gasteiger charge is -2.16. The van der Waals surface area contributed by atoms with Crippen LogP contribution in [0.4, 0.5) is 4.39 Å². The van der Waals surface area contributed by atoms with Crippen LogP contribution in [-0.4, -0.2) is 16.3 Å². The molecule has 0 amide bonds. The van der Waals surface area contributed by atoms with Crippen LogP contribution in [0.1, 0.15) is 26.3 Å². The molecule has 0 heterocycles. The Labute approximate surface area is 100 Å². The molecule has 0 aliphatic carbocycles. The van der Waals surface area contributed by atoms with Gasteiger partial charge in [0, 0.05) is 11.2 Å². The first-order valence-corrected chi connectivity index (χ1v) is 6.25. The van der Waals surface area contributed by atoms with Gasteiger partial charge in [-0.15, -0.1) is 11.8 Å². The molecule has 88 valence electrons. The maximum absolute atomic E-state index is 12.9. The first-order valence-electron chi connectivity index (χ1n) is 5.27. The van der Waals surface area contributed by atoms with Crippen molar-refractivity contribution < 1.29 is 9.18 Å². The number of ketones is 1. The molecule has 0 fully saturated rings. The maximum atomic E-state index is 12.9. The first kappa shape index (κ1) is 13.2. The highest BCUT2D eigenvalue weighted by atomic mass is 32.2. The largest absolute Gasteiger partial charge is 0.298 e. The standard InChI is InChI=1S/C13H17FOS/c1-13(2,3)16-9-12(15)8-10-5-4-6-11(14)7-10/h4-7H,8-9H2,1-3H3. The second-order valence-corrected chi connectivity index (χ2v) is 6.55. The Balaban J connectivity index is 2.46. The van der Waals surface area contributed by atoms with Gasteiger partial charge in [-0.05, 0) is 17.7 Å². The molecular formula is C13H17FOS. The number of halogens is 1. The number of rotatable bonds is 4. The van der Waals surface area contributed by atoms with Crippen LogP contribution >= 0.6 is 11.8 Å². The van der Waals surface area contributed by atoms with Crippen LogP contribution in [-0.2, 0) is 11.2 Å². The number of Topliss-reactive ketones (excluding diaryl/α,β-unsaturated/α-hetero) is 1. The summed E-state index contributed by atoms with van der Waals surface area (Å²) in [4.78, 5) is 11.6. The topological polar surface area (TPSA) is 17.1 Å². The Morgan fingerprint density at radius 2 is 2.06 bits per heavy atom. The van der Waals surface area contributed by atoms with E-state index in [-0.39, 0.29) is 16.3 Å². The molecule has 0 bridgehead atoms. The monoisotopic (exact) mass is 240 g/mol. The van der Waals surface area contributed by atoms with Crippen molar-refractivity contribution in [3.63, 3.8) is 0 Å². The molecule has 0 aliphatic heterocycles. The normalized spacial score (nSPS) is 11.5. The molecule has 0 aliphatic rings. The molecule has 1 nitrogen and oxygen atoms in total. The van der Waals surface area contributed by atoms with E-state index in [9.17, 15) is 9.18 Å². The second kappa shape index (κ2) is 5.48. The number of hydrogen-bond donors (Lipinski definition) is 0. The van der Waals surface area contributed by atoms with Crippen LogP contribution in [0, 0.1) is 5.82 Å². The third-order valence-corrected chi connectivity index (χ3v) is 3.29. The van der Waals surface area contributed by atoms with E-state index in [2.05, 4.69) is 20.8 Å². The Morgan fingerprint density at radius 1 is 1.38 bits per heavy atom. The summed E-state index contributed by atoms with van der Waals surface area (Å²) < 4.78 is 13.0. The summed E-state index contributed by atoms with van der Waals surface area (Å²) in [6.07, 6.45) is 0.320. The fraction of sp³-hybridized carbons (Fsp3) is 0.462. The molecule has 1 aromatic rings. The van der Waals surface area contributed by atoms with Crippen molar-refractivity contribution in [2.75, 3.05) is 5.75 Å². The van der Waals surface area contributed by atoms with Gasteiger partial charge in [0.15, 0.2) is 0 Å².